The molecule has 0 aromatic heterocycles. The molecule has 1 aliphatic rings. The molecule has 114 valence electrons. The van der Waals surface area contributed by atoms with Crippen LogP contribution in [0.25, 0.3) is 6.08 Å². The molecule has 2 aromatic rings. The number of halogens is 1. The number of cyclic esters (lactones) is 1. The minimum atomic E-state index is -0.545. The van der Waals surface area contributed by atoms with Crippen LogP contribution in [0.4, 0.5) is 5.69 Å². The maximum Gasteiger partial charge on any atom is 0.363 e. The molecule has 2 aromatic carbocycles. The highest BCUT2D eigenvalue weighted by atomic mass is 127. The maximum absolute atomic E-state index is 11.9. The number of carbonyl (C=O) groups is 1. The minimum absolute atomic E-state index is 0.0340. The van der Waals surface area contributed by atoms with Gasteiger partial charge in [0.05, 0.1) is 4.92 Å². The first kappa shape index (κ1) is 15.3. The Labute approximate surface area is 144 Å². The fourth-order valence-corrected chi connectivity index (χ4v) is 2.33. The molecule has 1 heterocycles. The maximum atomic E-state index is 11.9. The number of nitrogens with zero attached hydrogens (tertiary/aromatic N) is 2. The van der Waals surface area contributed by atoms with Gasteiger partial charge in [0.1, 0.15) is 0 Å². The number of non-ortho nitro benzene ring substituents is 1. The summed E-state index contributed by atoms with van der Waals surface area (Å²) in [6.07, 6.45) is 1.64. The van der Waals surface area contributed by atoms with Gasteiger partial charge in [-0.15, -0.1) is 0 Å². The molecule has 0 saturated carbocycles. The summed E-state index contributed by atoms with van der Waals surface area (Å²) in [5.74, 6) is -0.404. The van der Waals surface area contributed by atoms with Gasteiger partial charge in [-0.2, -0.15) is 0 Å². The van der Waals surface area contributed by atoms with Gasteiger partial charge in [0, 0.05) is 21.3 Å². The number of nitro benzene ring substituents is 1. The average Bonchev–Trinajstić information content (AvgIpc) is 2.91. The molecule has 0 aliphatic carbocycles. The topological polar surface area (TPSA) is 81.8 Å². The van der Waals surface area contributed by atoms with Crippen LogP contribution in [0.2, 0.25) is 0 Å². The van der Waals surface area contributed by atoms with E-state index >= 15 is 0 Å². The Bertz CT molecular complexity index is 839. The number of aliphatic imine (C=N–C) groups is 1. The second-order valence-electron chi connectivity index (χ2n) is 4.69. The number of hydrogen-bond donors (Lipinski definition) is 0. The summed E-state index contributed by atoms with van der Waals surface area (Å²) in [6.45, 7) is 0. The van der Waals surface area contributed by atoms with Gasteiger partial charge in [0.15, 0.2) is 5.70 Å². The molecule has 0 atom stereocenters. The first-order chi connectivity index (χ1) is 11.0. The molecular weight excluding hydrogens is 411 g/mol. The van der Waals surface area contributed by atoms with Gasteiger partial charge >= 0.3 is 5.97 Å². The van der Waals surface area contributed by atoms with Crippen LogP contribution in [0.15, 0.2) is 59.2 Å². The molecule has 3 rings (SSSR count). The van der Waals surface area contributed by atoms with E-state index in [1.54, 1.807) is 6.08 Å². The van der Waals surface area contributed by atoms with Crippen molar-refractivity contribution < 1.29 is 14.5 Å². The van der Waals surface area contributed by atoms with Crippen molar-refractivity contribution in [3.63, 3.8) is 0 Å². The van der Waals surface area contributed by atoms with E-state index in [4.69, 9.17) is 4.74 Å². The Kier molecular flexibility index (Phi) is 4.20. The summed E-state index contributed by atoms with van der Waals surface area (Å²) in [5, 5.41) is 10.6. The molecule has 0 bridgehead atoms. The summed E-state index contributed by atoms with van der Waals surface area (Å²) in [4.78, 5) is 26.2. The van der Waals surface area contributed by atoms with Crippen molar-refractivity contribution >= 4 is 46.2 Å². The van der Waals surface area contributed by atoms with Crippen LogP contribution in [0.5, 0.6) is 0 Å². The van der Waals surface area contributed by atoms with Gasteiger partial charge < -0.3 is 4.74 Å². The second-order valence-corrected chi connectivity index (χ2v) is 5.94. The highest BCUT2D eigenvalue weighted by Gasteiger charge is 2.24. The lowest BCUT2D eigenvalue weighted by Crippen LogP contribution is -2.05. The van der Waals surface area contributed by atoms with E-state index in [0.29, 0.717) is 5.56 Å². The van der Waals surface area contributed by atoms with Crippen molar-refractivity contribution in [3.8, 4) is 0 Å². The molecular formula is C16H9IN2O4. The molecule has 0 radical (unpaired) electrons. The predicted octanol–water partition coefficient (Wildman–Crippen LogP) is 3.54. The first-order valence-electron chi connectivity index (χ1n) is 6.56. The van der Waals surface area contributed by atoms with E-state index in [-0.39, 0.29) is 17.3 Å². The monoisotopic (exact) mass is 420 g/mol. The average molecular weight is 420 g/mol. The molecule has 1 aliphatic heterocycles. The molecule has 0 amide bonds. The number of esters is 1. The van der Waals surface area contributed by atoms with Crippen LogP contribution in [0.1, 0.15) is 11.1 Å². The predicted molar refractivity (Wildman–Crippen MR) is 92.9 cm³/mol. The third kappa shape index (κ3) is 3.45. The highest BCUT2D eigenvalue weighted by Crippen LogP contribution is 2.21. The third-order valence-electron chi connectivity index (χ3n) is 3.12. The Hall–Kier alpha value is -2.55. The van der Waals surface area contributed by atoms with Gasteiger partial charge in [0.2, 0.25) is 5.90 Å². The fourth-order valence-electron chi connectivity index (χ4n) is 1.98. The quantitative estimate of drug-likeness (QED) is 0.250. The van der Waals surface area contributed by atoms with Crippen molar-refractivity contribution in [2.45, 2.75) is 0 Å². The van der Waals surface area contributed by atoms with Gasteiger partial charge in [-0.25, -0.2) is 9.79 Å². The van der Waals surface area contributed by atoms with Gasteiger partial charge in [0.25, 0.3) is 5.69 Å². The zero-order chi connectivity index (χ0) is 16.4. The summed E-state index contributed by atoms with van der Waals surface area (Å²) < 4.78 is 6.22. The van der Waals surface area contributed by atoms with E-state index < -0.39 is 10.9 Å². The molecule has 7 heteroatoms. The van der Waals surface area contributed by atoms with Gasteiger partial charge in [-0.1, -0.05) is 12.1 Å². The standard InChI is InChI=1S/C16H9IN2O4/c17-12-5-1-10(2-6-12)9-14-16(20)23-15(18-14)11-3-7-13(8-4-11)19(21)22/h1-9H/b14-9-. The SMILES string of the molecule is O=C1OC(c2ccc([N+](=O)[O-])cc2)=N/C1=C\c1ccc(I)cc1. The lowest BCUT2D eigenvalue weighted by molar-refractivity contribution is -0.384. The highest BCUT2D eigenvalue weighted by molar-refractivity contribution is 14.1. The summed E-state index contributed by atoms with van der Waals surface area (Å²) in [5.41, 5.74) is 1.51. The molecule has 0 saturated heterocycles. The molecule has 23 heavy (non-hydrogen) atoms. The van der Waals surface area contributed by atoms with E-state index in [0.717, 1.165) is 9.13 Å². The van der Waals surface area contributed by atoms with Crippen LogP contribution in [0.3, 0.4) is 0 Å². The van der Waals surface area contributed by atoms with Gasteiger partial charge in [-0.05, 0) is 58.5 Å². The number of nitro groups is 1. The van der Waals surface area contributed by atoms with Crippen LogP contribution < -0.4 is 0 Å². The lowest BCUT2D eigenvalue weighted by atomic mass is 10.2. The summed E-state index contributed by atoms with van der Waals surface area (Å²) in [7, 11) is 0. The van der Waals surface area contributed by atoms with Crippen LogP contribution >= 0.6 is 22.6 Å². The minimum Gasteiger partial charge on any atom is -0.402 e. The molecule has 6 nitrogen and oxygen atoms in total. The smallest absolute Gasteiger partial charge is 0.363 e. The second kappa shape index (κ2) is 6.29. The van der Waals surface area contributed by atoms with Crippen molar-refractivity contribution in [1.82, 2.24) is 0 Å². The Morgan fingerprint density at radius 1 is 1.09 bits per heavy atom. The number of carbonyl (C=O) groups excluding carboxylic acids is 1. The number of hydrogen-bond acceptors (Lipinski definition) is 5. The van der Waals surface area contributed by atoms with Crippen LogP contribution in [-0.4, -0.2) is 16.8 Å². The largest absolute Gasteiger partial charge is 0.402 e. The van der Waals surface area contributed by atoms with Crippen LogP contribution in [-0.2, 0) is 9.53 Å². The van der Waals surface area contributed by atoms with Crippen molar-refractivity contribution in [3.05, 3.63) is 79.0 Å². The number of benzene rings is 2. The van der Waals surface area contributed by atoms with E-state index in [1.807, 2.05) is 24.3 Å². The molecule has 0 fully saturated rings. The van der Waals surface area contributed by atoms with Crippen LogP contribution in [0, 0.1) is 13.7 Å². The molecule has 0 unspecified atom stereocenters. The third-order valence-corrected chi connectivity index (χ3v) is 3.84. The summed E-state index contributed by atoms with van der Waals surface area (Å²) in [6, 6.07) is 13.3. The normalized spacial score (nSPS) is 15.4. The zero-order valence-corrected chi connectivity index (χ0v) is 13.8. The summed E-state index contributed by atoms with van der Waals surface area (Å²) >= 11 is 2.20. The zero-order valence-electron chi connectivity index (χ0n) is 11.6. The van der Waals surface area contributed by atoms with Crippen molar-refractivity contribution in [2.75, 3.05) is 0 Å². The Balaban J connectivity index is 1.88. The fraction of sp³-hybridized carbons (Fsp3) is 0. The Morgan fingerprint density at radius 2 is 1.74 bits per heavy atom. The number of rotatable bonds is 3. The first-order valence-corrected chi connectivity index (χ1v) is 7.64. The molecule has 0 N–H and O–H groups in total. The number of ether oxygens (including phenoxy) is 1. The van der Waals surface area contributed by atoms with Crippen molar-refractivity contribution in [2.24, 2.45) is 4.99 Å². The van der Waals surface area contributed by atoms with Gasteiger partial charge in [-0.3, -0.25) is 10.1 Å². The lowest BCUT2D eigenvalue weighted by Gasteiger charge is -1.98. The van der Waals surface area contributed by atoms with E-state index in [1.165, 1.54) is 24.3 Å². The van der Waals surface area contributed by atoms with Crippen molar-refractivity contribution in [1.29, 1.82) is 0 Å². The van der Waals surface area contributed by atoms with E-state index in [9.17, 15) is 14.9 Å². The Morgan fingerprint density at radius 3 is 2.35 bits per heavy atom. The molecule has 0 spiro atoms. The van der Waals surface area contributed by atoms with E-state index in [2.05, 4.69) is 27.6 Å².